The van der Waals surface area contributed by atoms with Gasteiger partial charge in [-0.1, -0.05) is 6.92 Å². The molecule has 6 nitrogen and oxygen atoms in total. The molecule has 1 aromatic rings. The number of nitrogens with two attached hydrogens (primary N) is 1. The average molecular weight is 380 g/mol. The monoisotopic (exact) mass is 379 g/mol. The van der Waals surface area contributed by atoms with E-state index in [-0.39, 0.29) is 10.8 Å². The molecule has 1 aliphatic carbocycles. The highest BCUT2D eigenvalue weighted by molar-refractivity contribution is 7.89. The minimum atomic E-state index is -3.49. The van der Waals surface area contributed by atoms with E-state index in [0.29, 0.717) is 37.0 Å². The number of sulfonamides is 1. The topological polar surface area (TPSA) is 92.5 Å². The van der Waals surface area contributed by atoms with Crippen molar-refractivity contribution in [2.45, 2.75) is 50.0 Å². The fourth-order valence-electron chi connectivity index (χ4n) is 3.52. The Morgan fingerprint density at radius 2 is 1.77 bits per heavy atom. The van der Waals surface area contributed by atoms with E-state index in [2.05, 4.69) is 12.2 Å². The first-order valence-electron chi connectivity index (χ1n) is 9.39. The molecule has 1 saturated carbocycles. The van der Waals surface area contributed by atoms with Gasteiger partial charge in [-0.25, -0.2) is 8.42 Å². The number of piperidine rings is 1. The summed E-state index contributed by atoms with van der Waals surface area (Å²) in [6, 6.07) is 6.22. The first-order valence-corrected chi connectivity index (χ1v) is 10.8. The fraction of sp³-hybridized carbons (Fsp3) is 0.632. The van der Waals surface area contributed by atoms with Gasteiger partial charge in [0.05, 0.1) is 10.4 Å². The van der Waals surface area contributed by atoms with Gasteiger partial charge in [0.25, 0.3) is 5.91 Å². The maximum absolute atomic E-state index is 12.8. The van der Waals surface area contributed by atoms with Crippen molar-refractivity contribution in [2.75, 3.05) is 19.6 Å². The lowest BCUT2D eigenvalue weighted by atomic mass is 9.95. The van der Waals surface area contributed by atoms with Gasteiger partial charge >= 0.3 is 0 Å². The van der Waals surface area contributed by atoms with Crippen LogP contribution in [0.3, 0.4) is 0 Å². The smallest absolute Gasteiger partial charge is 0.251 e. The number of carbonyl (C=O) groups is 1. The second kappa shape index (κ2) is 7.29. The second-order valence-corrected chi connectivity index (χ2v) is 9.90. The summed E-state index contributed by atoms with van der Waals surface area (Å²) in [7, 11) is -3.49. The van der Waals surface area contributed by atoms with Crippen molar-refractivity contribution in [3.8, 4) is 0 Å². The van der Waals surface area contributed by atoms with Crippen molar-refractivity contribution in [2.24, 2.45) is 17.6 Å². The molecule has 1 unspecified atom stereocenters. The molecule has 1 heterocycles. The Morgan fingerprint density at radius 3 is 2.27 bits per heavy atom. The van der Waals surface area contributed by atoms with E-state index in [1.807, 2.05) is 6.92 Å². The number of rotatable bonds is 6. The van der Waals surface area contributed by atoms with E-state index in [0.717, 1.165) is 25.7 Å². The third-order valence-corrected chi connectivity index (χ3v) is 7.71. The second-order valence-electron chi connectivity index (χ2n) is 7.96. The standard InChI is InChI=1S/C19H29N3O3S/c1-14-9-11-22(12-10-14)26(24,25)17-7-3-15(4-8-17)18(23)21-19(2,13-20)16-5-6-16/h3-4,7-8,14,16H,5-6,9-13,20H2,1-2H3,(H,21,23). The summed E-state index contributed by atoms with van der Waals surface area (Å²) in [6.45, 7) is 5.63. The van der Waals surface area contributed by atoms with Gasteiger partial charge in [-0.3, -0.25) is 4.79 Å². The molecule has 7 heteroatoms. The summed E-state index contributed by atoms with van der Waals surface area (Å²) < 4.78 is 27.1. The molecule has 1 saturated heterocycles. The number of carbonyl (C=O) groups excluding carboxylic acids is 1. The van der Waals surface area contributed by atoms with Crippen LogP contribution in [0.15, 0.2) is 29.2 Å². The molecule has 0 spiro atoms. The lowest BCUT2D eigenvalue weighted by Crippen LogP contribution is -2.53. The van der Waals surface area contributed by atoms with Gasteiger partial charge < -0.3 is 11.1 Å². The van der Waals surface area contributed by atoms with E-state index in [4.69, 9.17) is 5.73 Å². The molecule has 1 aromatic carbocycles. The highest BCUT2D eigenvalue weighted by Gasteiger charge is 2.41. The quantitative estimate of drug-likeness (QED) is 0.790. The largest absolute Gasteiger partial charge is 0.345 e. The molecule has 1 aliphatic heterocycles. The van der Waals surface area contributed by atoms with Crippen LogP contribution in [0.5, 0.6) is 0 Å². The minimum Gasteiger partial charge on any atom is -0.345 e. The zero-order valence-corrected chi connectivity index (χ0v) is 16.4. The lowest BCUT2D eigenvalue weighted by Gasteiger charge is -2.30. The number of hydrogen-bond donors (Lipinski definition) is 2. The SMILES string of the molecule is CC1CCN(S(=O)(=O)c2ccc(C(=O)NC(C)(CN)C3CC3)cc2)CC1. The first-order chi connectivity index (χ1) is 12.3. The summed E-state index contributed by atoms with van der Waals surface area (Å²) in [4.78, 5) is 12.8. The van der Waals surface area contributed by atoms with Crippen LogP contribution in [0.1, 0.15) is 49.9 Å². The van der Waals surface area contributed by atoms with Gasteiger partial charge in [-0.15, -0.1) is 0 Å². The number of nitrogens with one attached hydrogen (secondary N) is 1. The molecular formula is C19H29N3O3S. The summed E-state index contributed by atoms with van der Waals surface area (Å²) >= 11 is 0. The van der Waals surface area contributed by atoms with E-state index in [1.165, 1.54) is 12.1 Å². The van der Waals surface area contributed by atoms with E-state index in [1.54, 1.807) is 16.4 Å². The van der Waals surface area contributed by atoms with Crippen LogP contribution in [-0.2, 0) is 10.0 Å². The minimum absolute atomic E-state index is 0.208. The maximum atomic E-state index is 12.8. The van der Waals surface area contributed by atoms with Crippen LogP contribution in [0.25, 0.3) is 0 Å². The van der Waals surface area contributed by atoms with Crippen molar-refractivity contribution >= 4 is 15.9 Å². The molecule has 0 aromatic heterocycles. The average Bonchev–Trinajstić information content (AvgIpc) is 3.48. The van der Waals surface area contributed by atoms with E-state index < -0.39 is 15.6 Å². The van der Waals surface area contributed by atoms with Crippen LogP contribution in [-0.4, -0.2) is 43.8 Å². The molecule has 26 heavy (non-hydrogen) atoms. The van der Waals surface area contributed by atoms with Gasteiger partial charge in [-0.05, 0) is 68.7 Å². The van der Waals surface area contributed by atoms with Gasteiger partial charge in [0.1, 0.15) is 0 Å². The number of nitrogens with zero attached hydrogens (tertiary/aromatic N) is 1. The Balaban J connectivity index is 1.70. The van der Waals surface area contributed by atoms with Crippen LogP contribution >= 0.6 is 0 Å². The predicted octanol–water partition coefficient (Wildman–Crippen LogP) is 1.96. The molecule has 2 aliphatic rings. The summed E-state index contributed by atoms with van der Waals surface area (Å²) in [5.41, 5.74) is 5.91. The Kier molecular flexibility index (Phi) is 5.42. The number of benzene rings is 1. The fourth-order valence-corrected chi connectivity index (χ4v) is 4.99. The third kappa shape index (κ3) is 3.94. The summed E-state index contributed by atoms with van der Waals surface area (Å²) in [6.07, 6.45) is 3.94. The summed E-state index contributed by atoms with van der Waals surface area (Å²) in [5, 5.41) is 3.02. The Bertz CT molecular complexity index is 751. The van der Waals surface area contributed by atoms with Crippen molar-refractivity contribution in [3.63, 3.8) is 0 Å². The Labute approximate surface area is 156 Å². The zero-order chi connectivity index (χ0) is 18.9. The molecule has 1 atom stereocenters. The summed E-state index contributed by atoms with van der Waals surface area (Å²) in [5.74, 6) is 0.786. The molecule has 3 rings (SSSR count). The number of amides is 1. The van der Waals surface area contributed by atoms with Crippen molar-refractivity contribution in [3.05, 3.63) is 29.8 Å². The molecule has 1 amide bonds. The Morgan fingerprint density at radius 1 is 1.19 bits per heavy atom. The van der Waals surface area contributed by atoms with Gasteiger partial charge in [0.15, 0.2) is 0 Å². The van der Waals surface area contributed by atoms with Gasteiger partial charge in [0.2, 0.25) is 10.0 Å². The van der Waals surface area contributed by atoms with Crippen molar-refractivity contribution < 1.29 is 13.2 Å². The first kappa shape index (κ1) is 19.3. The Hall–Kier alpha value is -1.44. The zero-order valence-electron chi connectivity index (χ0n) is 15.6. The van der Waals surface area contributed by atoms with E-state index in [9.17, 15) is 13.2 Å². The van der Waals surface area contributed by atoms with Crippen LogP contribution < -0.4 is 11.1 Å². The predicted molar refractivity (Wildman–Crippen MR) is 101 cm³/mol. The third-order valence-electron chi connectivity index (χ3n) is 5.80. The molecule has 2 fully saturated rings. The highest BCUT2D eigenvalue weighted by Crippen LogP contribution is 2.39. The number of hydrogen-bond acceptors (Lipinski definition) is 4. The highest BCUT2D eigenvalue weighted by atomic mass is 32.2. The van der Waals surface area contributed by atoms with Gasteiger partial charge in [-0.2, -0.15) is 4.31 Å². The lowest BCUT2D eigenvalue weighted by molar-refractivity contribution is 0.0897. The molecule has 0 bridgehead atoms. The van der Waals surface area contributed by atoms with Crippen LogP contribution in [0.2, 0.25) is 0 Å². The van der Waals surface area contributed by atoms with Crippen molar-refractivity contribution in [1.82, 2.24) is 9.62 Å². The van der Waals surface area contributed by atoms with Crippen LogP contribution in [0, 0.1) is 11.8 Å². The molecule has 3 N–H and O–H groups in total. The molecule has 144 valence electrons. The van der Waals surface area contributed by atoms with Crippen LogP contribution in [0.4, 0.5) is 0 Å². The normalized spacial score (nSPS) is 22.0. The molecule has 0 radical (unpaired) electrons. The van der Waals surface area contributed by atoms with E-state index >= 15 is 0 Å². The van der Waals surface area contributed by atoms with Crippen molar-refractivity contribution in [1.29, 1.82) is 0 Å². The van der Waals surface area contributed by atoms with Gasteiger partial charge in [0, 0.05) is 25.2 Å². The molecular weight excluding hydrogens is 350 g/mol. The maximum Gasteiger partial charge on any atom is 0.251 e.